The Bertz CT molecular complexity index is 602. The largest absolute Gasteiger partial charge is 0.320 e. The first-order chi connectivity index (χ1) is 8.56. The summed E-state index contributed by atoms with van der Waals surface area (Å²) in [5.74, 6) is -0.255. The van der Waals surface area contributed by atoms with E-state index in [2.05, 4.69) is 58.1 Å². The van der Waals surface area contributed by atoms with E-state index in [0.29, 0.717) is 16.0 Å². The van der Waals surface area contributed by atoms with Gasteiger partial charge in [-0.05, 0) is 62.2 Å². The van der Waals surface area contributed by atoms with Crippen molar-refractivity contribution in [2.45, 2.75) is 0 Å². The van der Waals surface area contributed by atoms with Crippen LogP contribution in [0, 0.1) is 0 Å². The molecular weight excluding hydrogens is 428 g/mol. The summed E-state index contributed by atoms with van der Waals surface area (Å²) in [5.41, 5.74) is 1.05. The highest BCUT2D eigenvalue weighted by molar-refractivity contribution is 9.11. The third-order valence-electron chi connectivity index (χ3n) is 2.12. The van der Waals surface area contributed by atoms with Crippen LogP contribution in [0.1, 0.15) is 10.5 Å². The van der Waals surface area contributed by atoms with Crippen LogP contribution in [0.15, 0.2) is 49.9 Å². The lowest BCUT2D eigenvalue weighted by atomic mass is 10.3. The summed E-state index contributed by atoms with van der Waals surface area (Å²) in [5, 5.41) is 2.80. The van der Waals surface area contributed by atoms with Crippen LogP contribution in [-0.2, 0) is 0 Å². The minimum Gasteiger partial charge on any atom is -0.320 e. The highest BCUT2D eigenvalue weighted by Crippen LogP contribution is 2.26. The molecule has 3 nitrogen and oxygen atoms in total. The van der Waals surface area contributed by atoms with E-state index >= 15 is 0 Å². The molecule has 1 aromatic heterocycles. The van der Waals surface area contributed by atoms with Gasteiger partial charge in [-0.15, -0.1) is 0 Å². The van der Waals surface area contributed by atoms with Gasteiger partial charge < -0.3 is 5.32 Å². The number of amides is 1. The molecule has 18 heavy (non-hydrogen) atoms. The van der Waals surface area contributed by atoms with E-state index in [4.69, 9.17) is 0 Å². The summed E-state index contributed by atoms with van der Waals surface area (Å²) in [6, 6.07) is 10.8. The maximum atomic E-state index is 12.0. The van der Waals surface area contributed by atoms with E-state index in [1.807, 2.05) is 18.2 Å². The van der Waals surface area contributed by atoms with Crippen molar-refractivity contribution >= 4 is 59.4 Å². The van der Waals surface area contributed by atoms with Crippen LogP contribution in [0.4, 0.5) is 5.69 Å². The van der Waals surface area contributed by atoms with Crippen LogP contribution in [-0.4, -0.2) is 10.9 Å². The summed E-state index contributed by atoms with van der Waals surface area (Å²) >= 11 is 9.97. The van der Waals surface area contributed by atoms with Crippen LogP contribution in [0.5, 0.6) is 0 Å². The Kier molecular flexibility index (Phi) is 4.53. The highest BCUT2D eigenvalue weighted by Gasteiger charge is 2.10. The molecule has 0 aliphatic carbocycles. The average molecular weight is 435 g/mol. The summed E-state index contributed by atoms with van der Waals surface area (Å²) in [6.45, 7) is 0. The van der Waals surface area contributed by atoms with Gasteiger partial charge >= 0.3 is 0 Å². The third kappa shape index (κ3) is 3.40. The first kappa shape index (κ1) is 13.7. The number of benzene rings is 1. The molecule has 0 aliphatic heterocycles. The zero-order valence-corrected chi connectivity index (χ0v) is 13.7. The van der Waals surface area contributed by atoms with Crippen LogP contribution in [0.2, 0.25) is 0 Å². The minimum absolute atomic E-state index is 0.255. The van der Waals surface area contributed by atoms with E-state index in [0.717, 1.165) is 8.95 Å². The van der Waals surface area contributed by atoms with Crippen molar-refractivity contribution in [1.29, 1.82) is 0 Å². The van der Waals surface area contributed by atoms with Crippen LogP contribution >= 0.6 is 47.8 Å². The van der Waals surface area contributed by atoms with Gasteiger partial charge in [-0.2, -0.15) is 0 Å². The highest BCUT2D eigenvalue weighted by atomic mass is 79.9. The maximum absolute atomic E-state index is 12.0. The molecule has 2 aromatic rings. The van der Waals surface area contributed by atoms with Gasteiger partial charge in [0.25, 0.3) is 5.91 Å². The van der Waals surface area contributed by atoms with Crippen LogP contribution in [0.3, 0.4) is 0 Å². The number of carbonyl (C=O) groups is 1. The number of hydrogen-bond donors (Lipinski definition) is 1. The summed E-state index contributed by atoms with van der Waals surface area (Å²) in [4.78, 5) is 16.1. The molecule has 0 saturated heterocycles. The van der Waals surface area contributed by atoms with Crippen molar-refractivity contribution < 1.29 is 4.79 Å². The number of nitrogens with zero attached hydrogens (tertiary/aromatic N) is 1. The number of pyridine rings is 1. The number of halogens is 3. The van der Waals surface area contributed by atoms with Gasteiger partial charge in [0, 0.05) is 8.95 Å². The molecule has 1 aromatic carbocycles. The second-order valence-electron chi connectivity index (χ2n) is 3.42. The lowest BCUT2D eigenvalue weighted by Gasteiger charge is -2.07. The fourth-order valence-electron chi connectivity index (χ4n) is 1.31. The molecule has 0 bridgehead atoms. The molecule has 6 heteroatoms. The first-order valence-corrected chi connectivity index (χ1v) is 7.33. The third-order valence-corrected chi connectivity index (χ3v) is 3.75. The Labute approximate surface area is 129 Å². The zero-order valence-electron chi connectivity index (χ0n) is 8.95. The zero-order chi connectivity index (χ0) is 13.1. The monoisotopic (exact) mass is 432 g/mol. The van der Waals surface area contributed by atoms with Gasteiger partial charge in [-0.25, -0.2) is 4.98 Å². The van der Waals surface area contributed by atoms with Crippen molar-refractivity contribution in [2.75, 3.05) is 5.32 Å². The van der Waals surface area contributed by atoms with Gasteiger partial charge in [0.05, 0.1) is 5.69 Å². The molecular formula is C12H7Br3N2O. The SMILES string of the molecule is O=C(Nc1cc(Br)ccc1Br)c1cccc(Br)n1. The fraction of sp³-hybridized carbons (Fsp3) is 0. The smallest absolute Gasteiger partial charge is 0.274 e. The number of rotatable bonds is 2. The van der Waals surface area contributed by atoms with E-state index in [9.17, 15) is 4.79 Å². The predicted octanol–water partition coefficient (Wildman–Crippen LogP) is 4.62. The fourth-order valence-corrected chi connectivity index (χ4v) is 2.36. The van der Waals surface area contributed by atoms with Gasteiger partial charge in [0.15, 0.2) is 0 Å². The number of aromatic nitrogens is 1. The van der Waals surface area contributed by atoms with Crippen molar-refractivity contribution in [3.8, 4) is 0 Å². The lowest BCUT2D eigenvalue weighted by molar-refractivity contribution is 0.102. The average Bonchev–Trinajstić information content (AvgIpc) is 2.34. The van der Waals surface area contributed by atoms with Gasteiger partial charge in [0.1, 0.15) is 10.3 Å². The molecule has 0 unspecified atom stereocenters. The van der Waals surface area contributed by atoms with Crippen molar-refractivity contribution in [1.82, 2.24) is 4.98 Å². The van der Waals surface area contributed by atoms with Gasteiger partial charge in [0.2, 0.25) is 0 Å². The molecule has 0 saturated carbocycles. The normalized spacial score (nSPS) is 10.2. The molecule has 0 aliphatic rings. The van der Waals surface area contributed by atoms with E-state index in [1.54, 1.807) is 18.2 Å². The number of hydrogen-bond acceptors (Lipinski definition) is 2. The molecule has 0 atom stereocenters. The topological polar surface area (TPSA) is 42.0 Å². The molecule has 0 spiro atoms. The first-order valence-electron chi connectivity index (χ1n) is 4.95. The molecule has 2 rings (SSSR count). The Morgan fingerprint density at radius 2 is 1.89 bits per heavy atom. The van der Waals surface area contributed by atoms with Crippen molar-refractivity contribution in [3.05, 3.63) is 55.6 Å². The van der Waals surface area contributed by atoms with Crippen LogP contribution < -0.4 is 5.32 Å². The minimum atomic E-state index is -0.255. The van der Waals surface area contributed by atoms with Crippen LogP contribution in [0.25, 0.3) is 0 Å². The van der Waals surface area contributed by atoms with E-state index in [-0.39, 0.29) is 5.91 Å². The Morgan fingerprint density at radius 3 is 2.61 bits per heavy atom. The summed E-state index contributed by atoms with van der Waals surface area (Å²) in [6.07, 6.45) is 0. The van der Waals surface area contributed by atoms with Gasteiger partial charge in [-0.1, -0.05) is 22.0 Å². The van der Waals surface area contributed by atoms with E-state index in [1.165, 1.54) is 0 Å². The second kappa shape index (κ2) is 5.95. The summed E-state index contributed by atoms with van der Waals surface area (Å²) < 4.78 is 2.33. The summed E-state index contributed by atoms with van der Waals surface area (Å²) in [7, 11) is 0. The van der Waals surface area contributed by atoms with Gasteiger partial charge in [-0.3, -0.25) is 4.79 Å². The number of nitrogens with one attached hydrogen (secondary N) is 1. The quantitative estimate of drug-likeness (QED) is 0.701. The van der Waals surface area contributed by atoms with Crippen molar-refractivity contribution in [2.24, 2.45) is 0 Å². The molecule has 1 N–H and O–H groups in total. The second-order valence-corrected chi connectivity index (χ2v) is 6.01. The Morgan fingerprint density at radius 1 is 1.11 bits per heavy atom. The predicted molar refractivity (Wildman–Crippen MR) is 81.7 cm³/mol. The lowest BCUT2D eigenvalue weighted by Crippen LogP contribution is -2.14. The molecule has 1 amide bonds. The molecule has 1 heterocycles. The number of anilines is 1. The Hall–Kier alpha value is -0.720. The Balaban J connectivity index is 2.24. The molecule has 92 valence electrons. The molecule has 0 radical (unpaired) electrons. The maximum Gasteiger partial charge on any atom is 0.274 e. The number of carbonyl (C=O) groups excluding carboxylic acids is 1. The van der Waals surface area contributed by atoms with E-state index < -0.39 is 0 Å². The molecule has 0 fully saturated rings. The van der Waals surface area contributed by atoms with Crippen molar-refractivity contribution in [3.63, 3.8) is 0 Å². The standard InChI is InChI=1S/C12H7Br3N2O/c13-7-4-5-8(14)10(6-7)17-12(18)9-2-1-3-11(15)16-9/h1-6H,(H,17,18).